The van der Waals surface area contributed by atoms with Crippen molar-refractivity contribution in [1.82, 2.24) is 5.48 Å². The quantitative estimate of drug-likeness (QED) is 0.522. The molecular weight excluding hydrogens is 166 g/mol. The van der Waals surface area contributed by atoms with Crippen LogP contribution in [0.3, 0.4) is 0 Å². The highest BCUT2D eigenvalue weighted by Crippen LogP contribution is 2.18. The summed E-state index contributed by atoms with van der Waals surface area (Å²) in [7, 11) is 0. The monoisotopic (exact) mass is 175 g/mol. The molecule has 4 heteroatoms. The summed E-state index contributed by atoms with van der Waals surface area (Å²) < 4.78 is 0. The Morgan fingerprint density at radius 3 is 2.92 bits per heavy atom. The van der Waals surface area contributed by atoms with Crippen molar-refractivity contribution >= 4 is 17.6 Å². The molecule has 0 aromatic heterocycles. The number of rotatable bonds is 0. The van der Waals surface area contributed by atoms with Crippen molar-refractivity contribution in [3.8, 4) is 0 Å². The van der Waals surface area contributed by atoms with E-state index in [0.717, 1.165) is 11.3 Å². The lowest BCUT2D eigenvalue weighted by Crippen LogP contribution is -2.16. The standard InChI is InChI=1S/C9H9N3O/c13-12-9-6-5-7-3-1-2-4-8(7)10-11-9/h1-6,10,13H,(H,11,12). The topological polar surface area (TPSA) is 56.6 Å². The minimum atomic E-state index is 0.385. The third kappa shape index (κ3) is 1.52. The first-order valence-electron chi connectivity index (χ1n) is 3.91. The van der Waals surface area contributed by atoms with Gasteiger partial charge >= 0.3 is 0 Å². The lowest BCUT2D eigenvalue weighted by atomic mass is 10.2. The molecule has 0 radical (unpaired) electrons. The molecule has 0 amide bonds. The van der Waals surface area contributed by atoms with Crippen molar-refractivity contribution in [1.29, 1.82) is 0 Å². The number of hydrogen-bond donors (Lipinski definition) is 3. The van der Waals surface area contributed by atoms with Crippen LogP contribution >= 0.6 is 0 Å². The molecule has 4 nitrogen and oxygen atoms in total. The first-order valence-corrected chi connectivity index (χ1v) is 3.91. The maximum atomic E-state index is 8.62. The first kappa shape index (κ1) is 7.82. The van der Waals surface area contributed by atoms with Crippen LogP contribution in [0.1, 0.15) is 5.56 Å². The number of hydrogen-bond acceptors (Lipinski definition) is 4. The summed E-state index contributed by atoms with van der Waals surface area (Å²) in [6.45, 7) is 0. The number of amidine groups is 1. The Labute approximate surface area is 75.5 Å². The van der Waals surface area contributed by atoms with Crippen molar-refractivity contribution < 1.29 is 5.21 Å². The van der Waals surface area contributed by atoms with Crippen LogP contribution in [-0.4, -0.2) is 11.0 Å². The number of benzene rings is 1. The molecule has 0 fully saturated rings. The summed E-state index contributed by atoms with van der Waals surface area (Å²) in [5, 5.41) is 12.5. The van der Waals surface area contributed by atoms with Gasteiger partial charge in [-0.05, 0) is 23.8 Å². The normalized spacial score (nSPS) is 13.8. The van der Waals surface area contributed by atoms with Gasteiger partial charge in [-0.1, -0.05) is 18.2 Å². The maximum absolute atomic E-state index is 8.62. The van der Waals surface area contributed by atoms with Gasteiger partial charge in [0, 0.05) is 0 Å². The highest BCUT2D eigenvalue weighted by Gasteiger charge is 2.01. The molecule has 1 aliphatic heterocycles. The van der Waals surface area contributed by atoms with Crippen molar-refractivity contribution in [2.75, 3.05) is 5.43 Å². The predicted octanol–water partition coefficient (Wildman–Crippen LogP) is 1.42. The molecule has 1 heterocycles. The molecule has 0 aliphatic carbocycles. The zero-order valence-corrected chi connectivity index (χ0v) is 6.86. The molecule has 0 spiro atoms. The number of nitrogens with one attached hydrogen (secondary N) is 2. The zero-order chi connectivity index (χ0) is 9.10. The highest BCUT2D eigenvalue weighted by atomic mass is 16.5. The van der Waals surface area contributed by atoms with Crippen LogP contribution in [0.25, 0.3) is 6.08 Å². The van der Waals surface area contributed by atoms with Crippen molar-refractivity contribution in [2.45, 2.75) is 0 Å². The van der Waals surface area contributed by atoms with E-state index in [-0.39, 0.29) is 0 Å². The zero-order valence-electron chi connectivity index (χ0n) is 6.86. The number of anilines is 1. The SMILES string of the molecule is ONC1=NNc2ccccc2C=C1. The van der Waals surface area contributed by atoms with Crippen molar-refractivity contribution in [2.24, 2.45) is 5.10 Å². The summed E-state index contributed by atoms with van der Waals surface area (Å²) in [5.74, 6) is 0.385. The fourth-order valence-electron chi connectivity index (χ4n) is 1.13. The Balaban J connectivity index is 2.39. The molecule has 1 aromatic rings. The van der Waals surface area contributed by atoms with Crippen LogP contribution in [-0.2, 0) is 0 Å². The van der Waals surface area contributed by atoms with Gasteiger partial charge in [0.05, 0.1) is 5.69 Å². The van der Waals surface area contributed by atoms with Gasteiger partial charge in [-0.15, -0.1) is 0 Å². The molecule has 66 valence electrons. The molecule has 3 N–H and O–H groups in total. The summed E-state index contributed by atoms with van der Waals surface area (Å²) >= 11 is 0. The van der Waals surface area contributed by atoms with Crippen LogP contribution < -0.4 is 10.9 Å². The van der Waals surface area contributed by atoms with Crippen LogP contribution in [0.15, 0.2) is 35.4 Å². The van der Waals surface area contributed by atoms with Gasteiger partial charge in [-0.2, -0.15) is 5.10 Å². The van der Waals surface area contributed by atoms with E-state index in [1.165, 1.54) is 0 Å². The maximum Gasteiger partial charge on any atom is 0.169 e. The lowest BCUT2D eigenvalue weighted by Gasteiger charge is -2.01. The van der Waals surface area contributed by atoms with Gasteiger partial charge in [0.25, 0.3) is 0 Å². The van der Waals surface area contributed by atoms with Gasteiger partial charge in [0.15, 0.2) is 5.84 Å². The van der Waals surface area contributed by atoms with Gasteiger partial charge in [-0.3, -0.25) is 16.1 Å². The van der Waals surface area contributed by atoms with E-state index in [0.29, 0.717) is 5.84 Å². The van der Waals surface area contributed by atoms with Crippen LogP contribution in [0.2, 0.25) is 0 Å². The van der Waals surface area contributed by atoms with E-state index in [1.807, 2.05) is 35.8 Å². The molecule has 1 aliphatic rings. The fourth-order valence-corrected chi connectivity index (χ4v) is 1.13. The molecular formula is C9H9N3O. The Bertz CT molecular complexity index is 371. The second kappa shape index (κ2) is 3.28. The lowest BCUT2D eigenvalue weighted by molar-refractivity contribution is 0.235. The molecule has 0 bridgehead atoms. The van der Waals surface area contributed by atoms with Crippen LogP contribution in [0, 0.1) is 0 Å². The Morgan fingerprint density at radius 2 is 2.08 bits per heavy atom. The van der Waals surface area contributed by atoms with Crippen molar-refractivity contribution in [3.63, 3.8) is 0 Å². The molecule has 0 atom stereocenters. The van der Waals surface area contributed by atoms with Crippen LogP contribution in [0.4, 0.5) is 5.69 Å². The number of para-hydroxylation sites is 1. The average molecular weight is 175 g/mol. The van der Waals surface area contributed by atoms with E-state index in [1.54, 1.807) is 6.08 Å². The summed E-state index contributed by atoms with van der Waals surface area (Å²) in [6.07, 6.45) is 3.57. The molecule has 13 heavy (non-hydrogen) atoms. The summed E-state index contributed by atoms with van der Waals surface area (Å²) in [5.41, 5.74) is 6.77. The second-order valence-electron chi connectivity index (χ2n) is 2.64. The number of nitrogens with zero attached hydrogens (tertiary/aromatic N) is 1. The highest BCUT2D eigenvalue weighted by molar-refractivity contribution is 5.98. The van der Waals surface area contributed by atoms with E-state index in [9.17, 15) is 0 Å². The minimum Gasteiger partial charge on any atom is -0.290 e. The first-order chi connectivity index (χ1) is 6.40. The molecule has 2 rings (SSSR count). The third-order valence-corrected chi connectivity index (χ3v) is 1.79. The molecule has 0 saturated carbocycles. The third-order valence-electron chi connectivity index (χ3n) is 1.79. The fraction of sp³-hybridized carbons (Fsp3) is 0. The Morgan fingerprint density at radius 1 is 1.23 bits per heavy atom. The summed E-state index contributed by atoms with van der Waals surface area (Å²) in [4.78, 5) is 0. The average Bonchev–Trinajstić information content (AvgIpc) is 2.39. The number of fused-ring (bicyclic) bond motifs is 1. The number of hydroxylamine groups is 1. The van der Waals surface area contributed by atoms with E-state index < -0.39 is 0 Å². The summed E-state index contributed by atoms with van der Waals surface area (Å²) in [6, 6.07) is 7.76. The van der Waals surface area contributed by atoms with E-state index >= 15 is 0 Å². The molecule has 1 aromatic carbocycles. The largest absolute Gasteiger partial charge is 0.290 e. The molecule has 0 unspecified atom stereocenters. The van der Waals surface area contributed by atoms with Crippen LogP contribution in [0.5, 0.6) is 0 Å². The van der Waals surface area contributed by atoms with Gasteiger partial charge in [-0.25, -0.2) is 0 Å². The van der Waals surface area contributed by atoms with E-state index in [2.05, 4.69) is 10.5 Å². The van der Waals surface area contributed by atoms with Gasteiger partial charge in [0.2, 0.25) is 0 Å². The predicted molar refractivity (Wildman–Crippen MR) is 51.5 cm³/mol. The Hall–Kier alpha value is -1.81. The van der Waals surface area contributed by atoms with Crippen molar-refractivity contribution in [3.05, 3.63) is 35.9 Å². The van der Waals surface area contributed by atoms with Gasteiger partial charge < -0.3 is 0 Å². The minimum absolute atomic E-state index is 0.385. The van der Waals surface area contributed by atoms with Gasteiger partial charge in [0.1, 0.15) is 0 Å². The second-order valence-corrected chi connectivity index (χ2v) is 2.64. The smallest absolute Gasteiger partial charge is 0.169 e. The molecule has 0 saturated heterocycles. The number of hydrazone groups is 1. The Kier molecular flexibility index (Phi) is 1.97. The van der Waals surface area contributed by atoms with E-state index in [4.69, 9.17) is 5.21 Å².